The summed E-state index contributed by atoms with van der Waals surface area (Å²) in [5.41, 5.74) is 6.59. The molecule has 0 amide bonds. The predicted octanol–water partition coefficient (Wildman–Crippen LogP) is 2.36. The van der Waals surface area contributed by atoms with E-state index in [1.807, 2.05) is 49.4 Å². The number of aliphatic carboxylic acids is 1. The average molecular weight is 229 g/mol. The van der Waals surface area contributed by atoms with Crippen molar-refractivity contribution < 1.29 is 9.90 Å². The van der Waals surface area contributed by atoms with Crippen molar-refractivity contribution in [2.75, 3.05) is 0 Å². The van der Waals surface area contributed by atoms with Gasteiger partial charge in [-0.2, -0.15) is 0 Å². The number of hydrogen-bond acceptors (Lipinski definition) is 2. The summed E-state index contributed by atoms with van der Waals surface area (Å²) in [6.07, 6.45) is 0. The van der Waals surface area contributed by atoms with Crippen LogP contribution in [0.1, 0.15) is 18.4 Å². The third kappa shape index (κ3) is 2.29. The third-order valence-corrected chi connectivity index (χ3v) is 3.12. The van der Waals surface area contributed by atoms with Gasteiger partial charge >= 0.3 is 5.97 Å². The molecule has 0 aliphatic rings. The Kier molecular flexibility index (Phi) is 3.11. The zero-order valence-electron chi connectivity index (χ0n) is 9.63. The van der Waals surface area contributed by atoms with E-state index in [4.69, 9.17) is 10.8 Å². The van der Waals surface area contributed by atoms with Crippen LogP contribution < -0.4 is 5.73 Å². The molecule has 0 bridgehead atoms. The smallest absolute Gasteiger partial charge is 0.321 e. The molecule has 3 nitrogen and oxygen atoms in total. The minimum atomic E-state index is -0.967. The maximum atomic E-state index is 10.9. The highest BCUT2D eigenvalue weighted by atomic mass is 16.4. The summed E-state index contributed by atoms with van der Waals surface area (Å²) in [5.74, 6) is -1.16. The molecule has 2 rings (SSSR count). The number of carboxylic acid groups (broad SMARTS) is 1. The Hall–Kier alpha value is -1.87. The maximum absolute atomic E-state index is 10.9. The zero-order chi connectivity index (χ0) is 12.4. The fourth-order valence-corrected chi connectivity index (χ4v) is 1.91. The molecule has 0 fully saturated rings. The molecule has 3 N–H and O–H groups in total. The second kappa shape index (κ2) is 4.55. The monoisotopic (exact) mass is 229 g/mol. The summed E-state index contributed by atoms with van der Waals surface area (Å²) < 4.78 is 0. The molecule has 0 saturated carbocycles. The summed E-state index contributed by atoms with van der Waals surface area (Å²) >= 11 is 0. The van der Waals surface area contributed by atoms with Crippen LogP contribution in [0, 0.1) is 0 Å². The number of fused-ring (bicyclic) bond motifs is 1. The van der Waals surface area contributed by atoms with Gasteiger partial charge in [0, 0.05) is 5.92 Å². The van der Waals surface area contributed by atoms with Crippen LogP contribution in [0.2, 0.25) is 0 Å². The molecule has 0 heterocycles. The van der Waals surface area contributed by atoms with Crippen molar-refractivity contribution >= 4 is 16.7 Å². The van der Waals surface area contributed by atoms with Crippen LogP contribution in [0.15, 0.2) is 42.5 Å². The number of carboxylic acids is 1. The number of nitrogens with two attached hydrogens (primary N) is 1. The normalized spacial score (nSPS) is 14.5. The van der Waals surface area contributed by atoms with Crippen LogP contribution in [0.25, 0.3) is 10.8 Å². The van der Waals surface area contributed by atoms with Crippen LogP contribution in [-0.4, -0.2) is 17.1 Å². The number of hydrogen-bond donors (Lipinski definition) is 2. The van der Waals surface area contributed by atoms with Crippen LogP contribution in [0.3, 0.4) is 0 Å². The summed E-state index contributed by atoms with van der Waals surface area (Å²) in [4.78, 5) is 10.9. The number of rotatable bonds is 3. The van der Waals surface area contributed by atoms with E-state index in [9.17, 15) is 4.79 Å². The first-order valence-corrected chi connectivity index (χ1v) is 5.56. The van der Waals surface area contributed by atoms with E-state index in [0.29, 0.717) is 0 Å². The topological polar surface area (TPSA) is 63.3 Å². The minimum absolute atomic E-state index is 0.197. The molecule has 2 atom stereocenters. The van der Waals surface area contributed by atoms with Gasteiger partial charge < -0.3 is 10.8 Å². The zero-order valence-corrected chi connectivity index (χ0v) is 9.63. The molecule has 0 saturated heterocycles. The first-order valence-electron chi connectivity index (χ1n) is 5.56. The first kappa shape index (κ1) is 11.6. The largest absolute Gasteiger partial charge is 0.480 e. The van der Waals surface area contributed by atoms with Crippen molar-refractivity contribution in [1.82, 2.24) is 0 Å². The summed E-state index contributed by atoms with van der Waals surface area (Å²) in [5, 5.41) is 11.2. The number of carbonyl (C=O) groups is 1. The van der Waals surface area contributed by atoms with E-state index < -0.39 is 12.0 Å². The van der Waals surface area contributed by atoms with Gasteiger partial charge in [0.15, 0.2) is 0 Å². The Morgan fingerprint density at radius 1 is 1.18 bits per heavy atom. The fraction of sp³-hybridized carbons (Fsp3) is 0.214. The van der Waals surface area contributed by atoms with E-state index in [-0.39, 0.29) is 5.92 Å². The summed E-state index contributed by atoms with van der Waals surface area (Å²) in [6.45, 7) is 1.84. The van der Waals surface area contributed by atoms with Gasteiger partial charge in [-0.25, -0.2) is 0 Å². The van der Waals surface area contributed by atoms with Crippen LogP contribution in [-0.2, 0) is 4.79 Å². The Morgan fingerprint density at radius 3 is 2.47 bits per heavy atom. The van der Waals surface area contributed by atoms with Crippen molar-refractivity contribution in [2.24, 2.45) is 5.73 Å². The van der Waals surface area contributed by atoms with Crippen molar-refractivity contribution in [3.8, 4) is 0 Å². The van der Waals surface area contributed by atoms with Gasteiger partial charge in [0.25, 0.3) is 0 Å². The maximum Gasteiger partial charge on any atom is 0.321 e. The molecule has 88 valence electrons. The molecule has 0 spiro atoms. The molecule has 17 heavy (non-hydrogen) atoms. The molecule has 1 unspecified atom stereocenters. The highest BCUT2D eigenvalue weighted by Crippen LogP contribution is 2.23. The van der Waals surface area contributed by atoms with Crippen molar-refractivity contribution in [3.05, 3.63) is 48.0 Å². The SMILES string of the molecule is CC(c1ccc2ccccc2c1)[C@@H](N)C(=O)O. The first-order chi connectivity index (χ1) is 8.09. The van der Waals surface area contributed by atoms with E-state index in [0.717, 1.165) is 16.3 Å². The minimum Gasteiger partial charge on any atom is -0.480 e. The highest BCUT2D eigenvalue weighted by molar-refractivity contribution is 5.83. The second-order valence-corrected chi connectivity index (χ2v) is 4.26. The Labute approximate surface area is 99.9 Å². The molecule has 2 aromatic rings. The summed E-state index contributed by atoms with van der Waals surface area (Å²) in [7, 11) is 0. The fourth-order valence-electron chi connectivity index (χ4n) is 1.91. The molecule has 3 heteroatoms. The lowest BCUT2D eigenvalue weighted by Gasteiger charge is -2.16. The van der Waals surface area contributed by atoms with Crippen LogP contribution in [0.5, 0.6) is 0 Å². The van der Waals surface area contributed by atoms with Crippen molar-refractivity contribution in [1.29, 1.82) is 0 Å². The second-order valence-electron chi connectivity index (χ2n) is 4.26. The standard InChI is InChI=1S/C14H15NO2/c1-9(13(15)14(16)17)11-7-6-10-4-2-3-5-12(10)8-11/h2-9,13H,15H2,1H3,(H,16,17)/t9?,13-/m1/s1. The van der Waals surface area contributed by atoms with Gasteiger partial charge in [-0.05, 0) is 16.3 Å². The molecular weight excluding hydrogens is 214 g/mol. The van der Waals surface area contributed by atoms with Crippen molar-refractivity contribution in [3.63, 3.8) is 0 Å². The number of benzene rings is 2. The molecule has 0 aliphatic heterocycles. The van der Waals surface area contributed by atoms with Crippen molar-refractivity contribution in [2.45, 2.75) is 18.9 Å². The van der Waals surface area contributed by atoms with Crippen LogP contribution >= 0.6 is 0 Å². The predicted molar refractivity (Wildman–Crippen MR) is 68.0 cm³/mol. The van der Waals surface area contributed by atoms with Gasteiger partial charge in [-0.3, -0.25) is 4.79 Å². The van der Waals surface area contributed by atoms with Gasteiger partial charge in [-0.1, -0.05) is 49.4 Å². The Balaban J connectivity index is 2.39. The van der Waals surface area contributed by atoms with E-state index in [2.05, 4.69) is 0 Å². The molecule has 2 aromatic carbocycles. The van der Waals surface area contributed by atoms with E-state index in [1.54, 1.807) is 0 Å². The van der Waals surface area contributed by atoms with Gasteiger partial charge in [0.2, 0.25) is 0 Å². The highest BCUT2D eigenvalue weighted by Gasteiger charge is 2.21. The lowest BCUT2D eigenvalue weighted by Crippen LogP contribution is -2.35. The quantitative estimate of drug-likeness (QED) is 0.849. The van der Waals surface area contributed by atoms with Gasteiger partial charge in [0.1, 0.15) is 6.04 Å². The lowest BCUT2D eigenvalue weighted by molar-refractivity contribution is -0.139. The van der Waals surface area contributed by atoms with Gasteiger partial charge in [0.05, 0.1) is 0 Å². The molecular formula is C14H15NO2. The lowest BCUT2D eigenvalue weighted by atomic mass is 9.92. The Bertz CT molecular complexity index is 551. The van der Waals surface area contributed by atoms with Crippen LogP contribution in [0.4, 0.5) is 0 Å². The third-order valence-electron chi connectivity index (χ3n) is 3.12. The van der Waals surface area contributed by atoms with Gasteiger partial charge in [-0.15, -0.1) is 0 Å². The Morgan fingerprint density at radius 2 is 1.82 bits per heavy atom. The molecule has 0 radical (unpaired) electrons. The van der Waals surface area contributed by atoms with E-state index >= 15 is 0 Å². The molecule has 0 aliphatic carbocycles. The molecule has 0 aromatic heterocycles. The average Bonchev–Trinajstić information content (AvgIpc) is 2.36. The van der Waals surface area contributed by atoms with E-state index in [1.165, 1.54) is 0 Å². The summed E-state index contributed by atoms with van der Waals surface area (Å²) in [6, 6.07) is 13.1.